The number of benzene rings is 1. The van der Waals surface area contributed by atoms with Gasteiger partial charge in [0.25, 0.3) is 0 Å². The maximum Gasteiger partial charge on any atom is 0.150 e. The van der Waals surface area contributed by atoms with E-state index in [9.17, 15) is 8.42 Å². The Kier molecular flexibility index (Phi) is 7.92. The summed E-state index contributed by atoms with van der Waals surface area (Å²) >= 11 is 3.66. The molecule has 0 aliphatic heterocycles. The normalized spacial score (nSPS) is 13.3. The zero-order valence-corrected chi connectivity index (χ0v) is 15.6. The van der Waals surface area contributed by atoms with Crippen LogP contribution in [-0.4, -0.2) is 26.5 Å². The minimum atomic E-state index is -2.88. The van der Waals surface area contributed by atoms with Crippen molar-refractivity contribution in [3.8, 4) is 0 Å². The lowest BCUT2D eigenvalue weighted by molar-refractivity contribution is 0.490. The lowest BCUT2D eigenvalue weighted by Gasteiger charge is -2.21. The van der Waals surface area contributed by atoms with Crippen molar-refractivity contribution in [3.05, 3.63) is 33.8 Å². The number of aryl methyl sites for hydroxylation is 1. The predicted molar refractivity (Wildman–Crippen MR) is 93.5 cm³/mol. The van der Waals surface area contributed by atoms with Crippen molar-refractivity contribution < 1.29 is 8.42 Å². The Morgan fingerprint density at radius 2 is 2.00 bits per heavy atom. The van der Waals surface area contributed by atoms with Crippen LogP contribution < -0.4 is 5.32 Å². The minimum absolute atomic E-state index is 0.200. The van der Waals surface area contributed by atoms with E-state index >= 15 is 0 Å². The average Bonchev–Trinajstić information content (AvgIpc) is 2.46. The lowest BCUT2D eigenvalue weighted by Crippen LogP contribution is -2.23. The van der Waals surface area contributed by atoms with Gasteiger partial charge in [0.15, 0.2) is 0 Å². The molecule has 1 aromatic rings. The van der Waals surface area contributed by atoms with Crippen molar-refractivity contribution >= 4 is 25.8 Å². The van der Waals surface area contributed by atoms with Gasteiger partial charge in [-0.3, -0.25) is 0 Å². The monoisotopic (exact) mass is 375 g/mol. The zero-order chi connectivity index (χ0) is 15.9. The van der Waals surface area contributed by atoms with E-state index in [2.05, 4.69) is 53.3 Å². The van der Waals surface area contributed by atoms with E-state index in [1.165, 1.54) is 11.1 Å². The first kappa shape index (κ1) is 18.7. The Labute approximate surface area is 137 Å². The highest BCUT2D eigenvalue weighted by Crippen LogP contribution is 2.29. The van der Waals surface area contributed by atoms with Gasteiger partial charge in [-0.15, -0.1) is 0 Å². The number of hydrogen-bond donors (Lipinski definition) is 1. The molecule has 1 N–H and O–H groups in total. The summed E-state index contributed by atoms with van der Waals surface area (Å²) in [5, 5.41) is 3.53. The fraction of sp³-hybridized carbons (Fsp3) is 0.625. The van der Waals surface area contributed by atoms with E-state index in [1.807, 2.05) is 0 Å². The lowest BCUT2D eigenvalue weighted by atomic mass is 10.0. The Hall–Kier alpha value is -0.390. The van der Waals surface area contributed by atoms with Gasteiger partial charge in [-0.2, -0.15) is 0 Å². The molecule has 120 valence electrons. The van der Waals surface area contributed by atoms with Crippen LogP contribution in [0.4, 0.5) is 0 Å². The van der Waals surface area contributed by atoms with Crippen LogP contribution in [0.1, 0.15) is 50.3 Å². The predicted octanol–water partition coefficient (Wildman–Crippen LogP) is 4.01. The molecule has 1 aromatic carbocycles. The number of halogens is 1. The molecule has 0 aliphatic rings. The fourth-order valence-corrected chi connectivity index (χ4v) is 3.71. The van der Waals surface area contributed by atoms with Crippen LogP contribution in [0.2, 0.25) is 0 Å². The van der Waals surface area contributed by atoms with Crippen LogP contribution >= 0.6 is 15.9 Å². The van der Waals surface area contributed by atoms with Crippen molar-refractivity contribution in [2.24, 2.45) is 0 Å². The van der Waals surface area contributed by atoms with E-state index in [1.54, 1.807) is 6.92 Å². The van der Waals surface area contributed by atoms with E-state index < -0.39 is 9.84 Å². The van der Waals surface area contributed by atoms with Crippen LogP contribution in [0.25, 0.3) is 0 Å². The second kappa shape index (κ2) is 8.91. The van der Waals surface area contributed by atoms with E-state index in [0.717, 1.165) is 23.9 Å². The molecular formula is C16H26BrNO2S. The summed E-state index contributed by atoms with van der Waals surface area (Å²) < 4.78 is 24.4. The average molecular weight is 376 g/mol. The first-order valence-corrected chi connectivity index (χ1v) is 10.2. The van der Waals surface area contributed by atoms with Gasteiger partial charge in [-0.1, -0.05) is 48.0 Å². The van der Waals surface area contributed by atoms with Crippen LogP contribution in [-0.2, 0) is 9.84 Å². The Morgan fingerprint density at radius 3 is 2.62 bits per heavy atom. The standard InChI is InChI=1S/C16H26BrNO2S/c1-4-11-18-15(10-7-12-21(19,20)5-2)14-9-6-8-13(3)16(14)17/h6,8-9,15,18H,4-5,7,10-12H2,1-3H3. The van der Waals surface area contributed by atoms with Gasteiger partial charge in [0, 0.05) is 16.3 Å². The Balaban J connectivity index is 2.78. The number of nitrogens with one attached hydrogen (secondary N) is 1. The third kappa shape index (κ3) is 6.09. The van der Waals surface area contributed by atoms with Crippen molar-refractivity contribution in [3.63, 3.8) is 0 Å². The first-order chi connectivity index (χ1) is 9.91. The second-order valence-corrected chi connectivity index (χ2v) is 8.63. The van der Waals surface area contributed by atoms with Crippen molar-refractivity contribution in [2.45, 2.75) is 46.1 Å². The van der Waals surface area contributed by atoms with Crippen LogP contribution in [0.15, 0.2) is 22.7 Å². The molecule has 0 saturated carbocycles. The molecule has 5 heteroatoms. The van der Waals surface area contributed by atoms with E-state index in [0.29, 0.717) is 6.42 Å². The highest BCUT2D eigenvalue weighted by molar-refractivity contribution is 9.10. The molecule has 21 heavy (non-hydrogen) atoms. The molecular weight excluding hydrogens is 350 g/mol. The zero-order valence-electron chi connectivity index (χ0n) is 13.2. The van der Waals surface area contributed by atoms with Gasteiger partial charge in [0.05, 0.1) is 5.75 Å². The molecule has 0 aromatic heterocycles. The number of rotatable bonds is 9. The Morgan fingerprint density at radius 1 is 1.29 bits per heavy atom. The third-order valence-electron chi connectivity index (χ3n) is 3.63. The minimum Gasteiger partial charge on any atom is -0.310 e. The molecule has 0 aliphatic carbocycles. The van der Waals surface area contributed by atoms with Gasteiger partial charge in [-0.25, -0.2) is 8.42 Å². The summed E-state index contributed by atoms with van der Waals surface area (Å²) in [6.07, 6.45) is 2.59. The molecule has 0 heterocycles. The highest BCUT2D eigenvalue weighted by atomic mass is 79.9. The molecule has 1 unspecified atom stereocenters. The fourth-order valence-electron chi connectivity index (χ4n) is 2.28. The summed E-state index contributed by atoms with van der Waals surface area (Å²) in [4.78, 5) is 0. The summed E-state index contributed by atoms with van der Waals surface area (Å²) in [7, 11) is -2.88. The van der Waals surface area contributed by atoms with E-state index in [4.69, 9.17) is 0 Å². The second-order valence-electron chi connectivity index (χ2n) is 5.36. The SMILES string of the molecule is CCCNC(CCCS(=O)(=O)CC)c1cccc(C)c1Br. The molecule has 0 fully saturated rings. The number of sulfone groups is 1. The van der Waals surface area contributed by atoms with E-state index in [-0.39, 0.29) is 17.5 Å². The molecule has 0 saturated heterocycles. The van der Waals surface area contributed by atoms with Gasteiger partial charge in [-0.05, 0) is 43.9 Å². The topological polar surface area (TPSA) is 46.2 Å². The summed E-state index contributed by atoms with van der Waals surface area (Å²) in [6, 6.07) is 6.44. The Bertz CT molecular complexity index is 543. The van der Waals surface area contributed by atoms with Crippen molar-refractivity contribution in [1.82, 2.24) is 5.32 Å². The third-order valence-corrected chi connectivity index (χ3v) is 6.50. The van der Waals surface area contributed by atoms with Crippen molar-refractivity contribution in [1.29, 1.82) is 0 Å². The molecule has 3 nitrogen and oxygen atoms in total. The summed E-state index contributed by atoms with van der Waals surface area (Å²) in [6.45, 7) is 6.85. The molecule has 0 amide bonds. The van der Waals surface area contributed by atoms with Gasteiger partial charge < -0.3 is 5.32 Å². The quantitative estimate of drug-likeness (QED) is 0.708. The highest BCUT2D eigenvalue weighted by Gasteiger charge is 2.16. The molecule has 0 spiro atoms. The van der Waals surface area contributed by atoms with Gasteiger partial charge in [0.2, 0.25) is 0 Å². The van der Waals surface area contributed by atoms with Crippen molar-refractivity contribution in [2.75, 3.05) is 18.1 Å². The molecule has 1 atom stereocenters. The van der Waals surface area contributed by atoms with Crippen LogP contribution in [0.3, 0.4) is 0 Å². The molecule has 0 bridgehead atoms. The largest absolute Gasteiger partial charge is 0.310 e. The van der Waals surface area contributed by atoms with Crippen LogP contribution in [0, 0.1) is 6.92 Å². The molecule has 0 radical (unpaired) electrons. The molecule has 1 rings (SSSR count). The maximum absolute atomic E-state index is 11.6. The van der Waals surface area contributed by atoms with Crippen LogP contribution in [0.5, 0.6) is 0 Å². The summed E-state index contributed by atoms with van der Waals surface area (Å²) in [5.41, 5.74) is 2.43. The summed E-state index contributed by atoms with van der Waals surface area (Å²) in [5.74, 6) is 0.505. The number of hydrogen-bond acceptors (Lipinski definition) is 3. The van der Waals surface area contributed by atoms with Gasteiger partial charge >= 0.3 is 0 Å². The maximum atomic E-state index is 11.6. The first-order valence-electron chi connectivity index (χ1n) is 7.60. The van der Waals surface area contributed by atoms with Gasteiger partial charge in [0.1, 0.15) is 9.84 Å². The smallest absolute Gasteiger partial charge is 0.150 e.